The Morgan fingerprint density at radius 3 is 2.61 bits per heavy atom. The van der Waals surface area contributed by atoms with E-state index in [2.05, 4.69) is 55.4 Å². The summed E-state index contributed by atoms with van der Waals surface area (Å²) in [6.07, 6.45) is 2.51. The van der Waals surface area contributed by atoms with E-state index in [1.807, 2.05) is 0 Å². The summed E-state index contributed by atoms with van der Waals surface area (Å²) in [5.74, 6) is 0.697. The van der Waals surface area contributed by atoms with E-state index in [0.717, 1.165) is 13.1 Å². The zero-order valence-corrected chi connectivity index (χ0v) is 11.9. The molecule has 1 N–H and O–H groups in total. The summed E-state index contributed by atoms with van der Waals surface area (Å²) in [7, 11) is 2.06. The number of likely N-dealkylation sites (N-methyl/N-ethyl adjacent to an activating group) is 1. The number of aryl methyl sites for hydroxylation is 1. The molecule has 100 valence electrons. The van der Waals surface area contributed by atoms with Gasteiger partial charge in [0.05, 0.1) is 0 Å². The number of nitrogens with one attached hydrogen (secondary N) is 1. The molecule has 1 aromatic rings. The van der Waals surface area contributed by atoms with Gasteiger partial charge in [-0.15, -0.1) is 0 Å². The van der Waals surface area contributed by atoms with Gasteiger partial charge in [-0.25, -0.2) is 0 Å². The third-order valence-corrected chi connectivity index (χ3v) is 4.04. The highest BCUT2D eigenvalue weighted by Gasteiger charge is 2.23. The Kier molecular flexibility index (Phi) is 4.79. The van der Waals surface area contributed by atoms with Gasteiger partial charge in [-0.1, -0.05) is 38.1 Å². The number of hydrogen-bond acceptors (Lipinski definition) is 2. The van der Waals surface area contributed by atoms with Crippen molar-refractivity contribution < 1.29 is 0 Å². The van der Waals surface area contributed by atoms with Gasteiger partial charge in [0.15, 0.2) is 0 Å². The molecule has 2 rings (SSSR count). The van der Waals surface area contributed by atoms with E-state index in [9.17, 15) is 0 Å². The molecule has 1 aliphatic rings. The first-order valence-corrected chi connectivity index (χ1v) is 7.17. The monoisotopic (exact) mass is 246 g/mol. The van der Waals surface area contributed by atoms with Gasteiger partial charge in [0.2, 0.25) is 0 Å². The Morgan fingerprint density at radius 2 is 1.94 bits per heavy atom. The van der Waals surface area contributed by atoms with Gasteiger partial charge >= 0.3 is 0 Å². The van der Waals surface area contributed by atoms with Gasteiger partial charge in [-0.05, 0) is 43.5 Å². The first-order chi connectivity index (χ1) is 8.72. The Hall–Kier alpha value is -0.860. The molecule has 0 aliphatic carbocycles. The maximum Gasteiger partial charge on any atom is 0.0247 e. The summed E-state index contributed by atoms with van der Waals surface area (Å²) in [6, 6.07) is 9.57. The van der Waals surface area contributed by atoms with Crippen LogP contribution in [0.3, 0.4) is 0 Å². The van der Waals surface area contributed by atoms with Gasteiger partial charge in [0, 0.05) is 19.1 Å². The van der Waals surface area contributed by atoms with Crippen LogP contribution in [0.2, 0.25) is 0 Å². The SMILES string of the molecule is CNCC(C(C)C)N1CCCc2ccccc2C1. The molecule has 0 saturated carbocycles. The molecule has 0 radical (unpaired) electrons. The van der Waals surface area contributed by atoms with Gasteiger partial charge in [-0.2, -0.15) is 0 Å². The van der Waals surface area contributed by atoms with Crippen LogP contribution in [-0.4, -0.2) is 31.1 Å². The second-order valence-corrected chi connectivity index (χ2v) is 5.71. The molecule has 1 aliphatic heterocycles. The number of hydrogen-bond donors (Lipinski definition) is 1. The molecule has 1 unspecified atom stereocenters. The number of benzene rings is 1. The lowest BCUT2D eigenvalue weighted by molar-refractivity contribution is 0.147. The highest BCUT2D eigenvalue weighted by Crippen LogP contribution is 2.22. The maximum absolute atomic E-state index is 3.35. The van der Waals surface area contributed by atoms with Crippen LogP contribution in [0.5, 0.6) is 0 Å². The van der Waals surface area contributed by atoms with Crippen molar-refractivity contribution in [2.45, 2.75) is 39.3 Å². The second kappa shape index (κ2) is 6.35. The van der Waals surface area contributed by atoms with Crippen molar-refractivity contribution in [3.8, 4) is 0 Å². The van der Waals surface area contributed by atoms with Crippen molar-refractivity contribution >= 4 is 0 Å². The van der Waals surface area contributed by atoms with Gasteiger partial charge in [-0.3, -0.25) is 4.90 Å². The van der Waals surface area contributed by atoms with Crippen LogP contribution in [0.15, 0.2) is 24.3 Å². The fraction of sp³-hybridized carbons (Fsp3) is 0.625. The predicted molar refractivity (Wildman–Crippen MR) is 77.7 cm³/mol. The highest BCUT2D eigenvalue weighted by molar-refractivity contribution is 5.28. The zero-order valence-electron chi connectivity index (χ0n) is 11.9. The molecule has 18 heavy (non-hydrogen) atoms. The van der Waals surface area contributed by atoms with E-state index >= 15 is 0 Å². The Labute approximate surface area is 111 Å². The van der Waals surface area contributed by atoms with Crippen molar-refractivity contribution in [3.63, 3.8) is 0 Å². The molecule has 2 heteroatoms. The van der Waals surface area contributed by atoms with Crippen LogP contribution in [0.25, 0.3) is 0 Å². The zero-order chi connectivity index (χ0) is 13.0. The van der Waals surface area contributed by atoms with E-state index in [1.165, 1.54) is 24.9 Å². The standard InChI is InChI=1S/C16H26N2/c1-13(2)16(11-17-3)18-10-6-9-14-7-4-5-8-15(14)12-18/h4-5,7-8,13,16-17H,6,9-12H2,1-3H3. The van der Waals surface area contributed by atoms with Crippen LogP contribution in [0.1, 0.15) is 31.4 Å². The maximum atomic E-state index is 3.35. The molecular weight excluding hydrogens is 220 g/mol. The molecule has 1 heterocycles. The summed E-state index contributed by atoms with van der Waals surface area (Å²) in [5.41, 5.74) is 3.07. The summed E-state index contributed by atoms with van der Waals surface area (Å²) in [4.78, 5) is 2.66. The summed E-state index contributed by atoms with van der Waals surface area (Å²) < 4.78 is 0. The molecule has 0 spiro atoms. The Morgan fingerprint density at radius 1 is 1.22 bits per heavy atom. The van der Waals surface area contributed by atoms with Crippen LogP contribution in [0, 0.1) is 5.92 Å². The predicted octanol–water partition coefficient (Wildman–Crippen LogP) is 2.68. The number of nitrogens with zero attached hydrogens (tertiary/aromatic N) is 1. The molecule has 2 nitrogen and oxygen atoms in total. The fourth-order valence-electron chi connectivity index (χ4n) is 3.00. The molecule has 0 aromatic heterocycles. The van der Waals surface area contributed by atoms with Gasteiger partial charge < -0.3 is 5.32 Å². The fourth-order valence-corrected chi connectivity index (χ4v) is 3.00. The van der Waals surface area contributed by atoms with E-state index in [4.69, 9.17) is 0 Å². The largest absolute Gasteiger partial charge is 0.318 e. The average molecular weight is 246 g/mol. The molecule has 1 atom stereocenters. The average Bonchev–Trinajstić information content (AvgIpc) is 2.57. The molecule has 0 bridgehead atoms. The van der Waals surface area contributed by atoms with Crippen molar-refractivity contribution in [1.82, 2.24) is 10.2 Å². The molecule has 0 fully saturated rings. The first-order valence-electron chi connectivity index (χ1n) is 7.17. The van der Waals surface area contributed by atoms with Gasteiger partial charge in [0.1, 0.15) is 0 Å². The van der Waals surface area contributed by atoms with E-state index in [1.54, 1.807) is 5.56 Å². The lowest BCUT2D eigenvalue weighted by atomic mass is 10.0. The molecule has 0 saturated heterocycles. The van der Waals surface area contributed by atoms with E-state index in [-0.39, 0.29) is 0 Å². The Bertz CT molecular complexity index is 373. The van der Waals surface area contributed by atoms with Crippen molar-refractivity contribution in [3.05, 3.63) is 35.4 Å². The minimum atomic E-state index is 0.640. The lowest BCUT2D eigenvalue weighted by Crippen LogP contribution is -2.44. The third-order valence-electron chi connectivity index (χ3n) is 4.04. The lowest BCUT2D eigenvalue weighted by Gasteiger charge is -2.33. The topological polar surface area (TPSA) is 15.3 Å². The third kappa shape index (κ3) is 3.12. The summed E-state index contributed by atoms with van der Waals surface area (Å²) in [5, 5.41) is 3.35. The summed E-state index contributed by atoms with van der Waals surface area (Å²) >= 11 is 0. The minimum Gasteiger partial charge on any atom is -0.318 e. The highest BCUT2D eigenvalue weighted by atomic mass is 15.2. The smallest absolute Gasteiger partial charge is 0.0247 e. The van der Waals surface area contributed by atoms with Crippen molar-refractivity contribution in [1.29, 1.82) is 0 Å². The van der Waals surface area contributed by atoms with Crippen LogP contribution in [-0.2, 0) is 13.0 Å². The molecule has 0 amide bonds. The summed E-state index contributed by atoms with van der Waals surface area (Å²) in [6.45, 7) is 8.08. The normalized spacial score (nSPS) is 18.4. The molecule has 1 aromatic carbocycles. The van der Waals surface area contributed by atoms with E-state index in [0.29, 0.717) is 12.0 Å². The second-order valence-electron chi connectivity index (χ2n) is 5.71. The van der Waals surface area contributed by atoms with Gasteiger partial charge in [0.25, 0.3) is 0 Å². The van der Waals surface area contributed by atoms with Crippen LogP contribution < -0.4 is 5.32 Å². The minimum absolute atomic E-state index is 0.640. The quantitative estimate of drug-likeness (QED) is 0.878. The number of rotatable bonds is 4. The van der Waals surface area contributed by atoms with Crippen molar-refractivity contribution in [2.24, 2.45) is 5.92 Å². The van der Waals surface area contributed by atoms with Crippen LogP contribution in [0.4, 0.5) is 0 Å². The van der Waals surface area contributed by atoms with Crippen molar-refractivity contribution in [2.75, 3.05) is 20.1 Å². The molecular formula is C16H26N2. The van der Waals surface area contributed by atoms with E-state index < -0.39 is 0 Å². The number of fused-ring (bicyclic) bond motifs is 1. The Balaban J connectivity index is 2.15. The van der Waals surface area contributed by atoms with Crippen LogP contribution >= 0.6 is 0 Å². The first kappa shape index (κ1) is 13.6.